The van der Waals surface area contributed by atoms with Gasteiger partial charge < -0.3 is 15.2 Å². The Hall–Kier alpha value is -3.24. The zero-order valence-corrected chi connectivity index (χ0v) is 19.7. The predicted molar refractivity (Wildman–Crippen MR) is 124 cm³/mol. The van der Waals surface area contributed by atoms with E-state index in [-0.39, 0.29) is 27.8 Å². The van der Waals surface area contributed by atoms with Gasteiger partial charge in [-0.25, -0.2) is 8.42 Å². The molecule has 33 heavy (non-hydrogen) atoms. The molecule has 0 aliphatic heterocycles. The van der Waals surface area contributed by atoms with E-state index in [1.165, 1.54) is 30.3 Å². The van der Waals surface area contributed by atoms with Crippen LogP contribution in [0.3, 0.4) is 0 Å². The monoisotopic (exact) mass is 490 g/mol. The summed E-state index contributed by atoms with van der Waals surface area (Å²) in [6, 6.07) is 10.4. The van der Waals surface area contributed by atoms with Crippen LogP contribution in [-0.4, -0.2) is 36.6 Å². The van der Waals surface area contributed by atoms with Crippen molar-refractivity contribution in [1.29, 1.82) is 0 Å². The van der Waals surface area contributed by atoms with E-state index < -0.39 is 15.7 Å². The van der Waals surface area contributed by atoms with Crippen LogP contribution in [-0.2, 0) is 27.5 Å². The molecule has 1 aromatic heterocycles. The summed E-state index contributed by atoms with van der Waals surface area (Å²) in [5, 5.41) is 9.43. The number of nitrogens with zero attached hydrogens (tertiary/aromatic N) is 2. The third-order valence-electron chi connectivity index (χ3n) is 4.58. The Morgan fingerprint density at radius 2 is 1.88 bits per heavy atom. The molecular weight excluding hydrogens is 468 g/mol. The van der Waals surface area contributed by atoms with Crippen molar-refractivity contribution in [2.75, 3.05) is 16.9 Å². The topological polar surface area (TPSA) is 131 Å². The lowest BCUT2D eigenvalue weighted by molar-refractivity contribution is -0.116. The summed E-state index contributed by atoms with van der Waals surface area (Å²) in [5.41, 5.74) is 0.951. The van der Waals surface area contributed by atoms with Crippen LogP contribution in [0.2, 0.25) is 5.02 Å². The Morgan fingerprint density at radius 1 is 1.09 bits per heavy atom. The third-order valence-corrected chi connectivity index (χ3v) is 6.00. The molecule has 0 unspecified atom stereocenters. The molecule has 2 aromatic carbocycles. The van der Waals surface area contributed by atoms with E-state index in [0.29, 0.717) is 29.5 Å². The minimum absolute atomic E-state index is 0.0430. The van der Waals surface area contributed by atoms with Crippen molar-refractivity contribution in [1.82, 2.24) is 10.1 Å². The highest BCUT2D eigenvalue weighted by atomic mass is 35.5. The number of sulfone groups is 1. The first-order valence-corrected chi connectivity index (χ1v) is 12.4. The van der Waals surface area contributed by atoms with Crippen molar-refractivity contribution in [3.05, 3.63) is 64.8 Å². The fourth-order valence-electron chi connectivity index (χ4n) is 2.92. The Kier molecular flexibility index (Phi) is 7.83. The van der Waals surface area contributed by atoms with Gasteiger partial charge in [0.05, 0.1) is 15.6 Å². The summed E-state index contributed by atoms with van der Waals surface area (Å²) in [6.45, 7) is 2.02. The van der Waals surface area contributed by atoms with Gasteiger partial charge in [-0.3, -0.25) is 9.59 Å². The number of halogens is 1. The molecule has 2 N–H and O–H groups in total. The summed E-state index contributed by atoms with van der Waals surface area (Å²) in [4.78, 5) is 29.0. The van der Waals surface area contributed by atoms with Crippen molar-refractivity contribution in [3.8, 4) is 0 Å². The second-order valence-electron chi connectivity index (χ2n) is 7.35. The van der Waals surface area contributed by atoms with E-state index >= 15 is 0 Å². The van der Waals surface area contributed by atoms with Gasteiger partial charge in [-0.1, -0.05) is 29.7 Å². The molecule has 0 fully saturated rings. The first-order valence-electron chi connectivity index (χ1n) is 10.2. The van der Waals surface area contributed by atoms with Crippen LogP contribution in [0, 0.1) is 0 Å². The highest BCUT2D eigenvalue weighted by Gasteiger charge is 2.14. The lowest BCUT2D eigenvalue weighted by Gasteiger charge is -2.10. The Morgan fingerprint density at radius 3 is 2.58 bits per heavy atom. The molecule has 1 heterocycles. The zero-order chi connectivity index (χ0) is 24.0. The molecule has 0 bridgehead atoms. The maximum atomic E-state index is 12.5. The first kappa shape index (κ1) is 24.4. The number of benzene rings is 2. The van der Waals surface area contributed by atoms with E-state index in [2.05, 4.69) is 20.8 Å². The molecule has 0 radical (unpaired) electrons. The molecule has 0 saturated heterocycles. The number of aryl methyl sites for hydroxylation is 2. The van der Waals surface area contributed by atoms with Crippen LogP contribution < -0.4 is 10.6 Å². The van der Waals surface area contributed by atoms with Crippen molar-refractivity contribution in [3.63, 3.8) is 0 Å². The zero-order valence-electron chi connectivity index (χ0n) is 18.1. The normalized spacial score (nSPS) is 11.2. The number of anilines is 2. The van der Waals surface area contributed by atoms with Crippen molar-refractivity contribution in [2.45, 2.75) is 37.5 Å². The quantitative estimate of drug-likeness (QED) is 0.465. The molecule has 3 rings (SSSR count). The summed E-state index contributed by atoms with van der Waals surface area (Å²) in [5.74, 6) is 0.266. The molecule has 0 spiro atoms. The summed E-state index contributed by atoms with van der Waals surface area (Å²) < 4.78 is 28.5. The average molecular weight is 491 g/mol. The second-order valence-corrected chi connectivity index (χ2v) is 9.77. The molecule has 0 atom stereocenters. The molecule has 2 amide bonds. The average Bonchev–Trinajstić information content (AvgIpc) is 3.21. The van der Waals surface area contributed by atoms with Gasteiger partial charge in [0.25, 0.3) is 5.91 Å². The number of amides is 2. The molecule has 9 nitrogen and oxygen atoms in total. The van der Waals surface area contributed by atoms with Gasteiger partial charge in [0.15, 0.2) is 15.7 Å². The third kappa shape index (κ3) is 6.87. The summed E-state index contributed by atoms with van der Waals surface area (Å²) in [6.07, 6.45) is 3.17. The Balaban J connectivity index is 1.59. The van der Waals surface area contributed by atoms with Gasteiger partial charge in [-0.05, 0) is 42.8 Å². The van der Waals surface area contributed by atoms with E-state index in [0.717, 1.165) is 19.1 Å². The maximum Gasteiger partial charge on any atom is 0.255 e. The van der Waals surface area contributed by atoms with Crippen LogP contribution in [0.15, 0.2) is 51.9 Å². The smallest absolute Gasteiger partial charge is 0.255 e. The molecule has 3 aromatic rings. The standard InChI is InChI=1S/C22H23ClN4O5S/c1-3-5-19-26-21(32-27-19)11-10-20(28)24-15-8-9-18(17(23)13-15)25-22(29)14-6-4-7-16(12-14)33(2,30)31/h4,6-9,12-13H,3,5,10-11H2,1-2H3,(H,24,28)(H,25,29). The van der Waals surface area contributed by atoms with Gasteiger partial charge in [0, 0.05) is 36.8 Å². The molecule has 174 valence electrons. The summed E-state index contributed by atoms with van der Waals surface area (Å²) in [7, 11) is -3.44. The van der Waals surface area contributed by atoms with Crippen LogP contribution in [0.5, 0.6) is 0 Å². The predicted octanol–water partition coefficient (Wildman–Crippen LogP) is 3.90. The van der Waals surface area contributed by atoms with E-state index in [1.54, 1.807) is 12.1 Å². The van der Waals surface area contributed by atoms with Gasteiger partial charge in [0.1, 0.15) is 0 Å². The molecule has 0 aliphatic carbocycles. The largest absolute Gasteiger partial charge is 0.339 e. The molecule has 0 saturated carbocycles. The molecule has 11 heteroatoms. The van der Waals surface area contributed by atoms with Crippen LogP contribution in [0.25, 0.3) is 0 Å². The van der Waals surface area contributed by atoms with E-state index in [4.69, 9.17) is 16.1 Å². The van der Waals surface area contributed by atoms with Gasteiger partial charge >= 0.3 is 0 Å². The molecule has 0 aliphatic rings. The Bertz CT molecular complexity index is 1270. The SMILES string of the molecule is CCCc1noc(CCC(=O)Nc2ccc(NC(=O)c3cccc(S(C)(=O)=O)c3)c(Cl)c2)n1. The van der Waals surface area contributed by atoms with Crippen LogP contribution >= 0.6 is 11.6 Å². The van der Waals surface area contributed by atoms with Crippen LogP contribution in [0.1, 0.15) is 41.8 Å². The van der Waals surface area contributed by atoms with Crippen molar-refractivity contribution in [2.24, 2.45) is 0 Å². The second kappa shape index (κ2) is 10.6. The number of hydrogen-bond acceptors (Lipinski definition) is 7. The minimum Gasteiger partial charge on any atom is -0.339 e. The highest BCUT2D eigenvalue weighted by Crippen LogP contribution is 2.26. The van der Waals surface area contributed by atoms with E-state index in [9.17, 15) is 18.0 Å². The fraction of sp³-hybridized carbons (Fsp3) is 0.273. The van der Waals surface area contributed by atoms with Gasteiger partial charge in [-0.2, -0.15) is 4.98 Å². The molecular formula is C22H23ClN4O5S. The van der Waals surface area contributed by atoms with Crippen molar-refractivity contribution >= 4 is 44.6 Å². The van der Waals surface area contributed by atoms with Crippen LogP contribution in [0.4, 0.5) is 11.4 Å². The number of carbonyl (C=O) groups is 2. The minimum atomic E-state index is -3.44. The number of nitrogens with one attached hydrogen (secondary N) is 2. The summed E-state index contributed by atoms with van der Waals surface area (Å²) >= 11 is 6.26. The van der Waals surface area contributed by atoms with Gasteiger partial charge in [-0.15, -0.1) is 0 Å². The van der Waals surface area contributed by atoms with Crippen molar-refractivity contribution < 1.29 is 22.5 Å². The van der Waals surface area contributed by atoms with Gasteiger partial charge in [0.2, 0.25) is 11.8 Å². The lowest BCUT2D eigenvalue weighted by atomic mass is 10.2. The highest BCUT2D eigenvalue weighted by molar-refractivity contribution is 7.90. The fourth-order valence-corrected chi connectivity index (χ4v) is 3.81. The maximum absolute atomic E-state index is 12.5. The number of rotatable bonds is 9. The first-order chi connectivity index (χ1) is 15.7. The number of hydrogen-bond donors (Lipinski definition) is 2. The number of carbonyl (C=O) groups excluding carboxylic acids is 2. The number of aromatic nitrogens is 2. The lowest BCUT2D eigenvalue weighted by Crippen LogP contribution is -2.14. The van der Waals surface area contributed by atoms with E-state index in [1.807, 2.05) is 6.92 Å². The Labute approximate surface area is 196 Å².